The number of carbonyl (C=O) groups excluding carboxylic acids is 1. The molecule has 142 valence electrons. The molecule has 0 aliphatic rings. The molecule has 8 heteroatoms. The summed E-state index contributed by atoms with van der Waals surface area (Å²) in [5.74, 6) is 0.00376. The summed E-state index contributed by atoms with van der Waals surface area (Å²) in [7, 11) is 1.94. The molecule has 2 aromatic rings. The van der Waals surface area contributed by atoms with E-state index in [4.69, 9.17) is 0 Å². The quantitative estimate of drug-likeness (QED) is 0.355. The minimum absolute atomic E-state index is 0. The summed E-state index contributed by atoms with van der Waals surface area (Å²) >= 11 is 1.73. The third-order valence-corrected chi connectivity index (χ3v) is 4.39. The predicted octanol–water partition coefficient (Wildman–Crippen LogP) is 3.58. The second-order valence-corrected chi connectivity index (χ2v) is 6.51. The van der Waals surface area contributed by atoms with Gasteiger partial charge in [0.25, 0.3) is 0 Å². The fourth-order valence-corrected chi connectivity index (χ4v) is 2.92. The summed E-state index contributed by atoms with van der Waals surface area (Å²) < 4.78 is 13.1. The van der Waals surface area contributed by atoms with Crippen molar-refractivity contribution in [2.45, 2.75) is 13.3 Å². The largest absolute Gasteiger partial charge is 0.357 e. The van der Waals surface area contributed by atoms with Crippen LogP contribution >= 0.6 is 35.3 Å². The van der Waals surface area contributed by atoms with Gasteiger partial charge in [-0.15, -0.1) is 35.3 Å². The monoisotopic (exact) mass is 490 g/mol. The molecule has 1 heterocycles. The molecule has 0 aliphatic carbocycles. The zero-order valence-corrected chi connectivity index (χ0v) is 18.0. The molecule has 0 saturated heterocycles. The highest BCUT2D eigenvalue weighted by atomic mass is 127. The Morgan fingerprint density at radius 2 is 2.12 bits per heavy atom. The van der Waals surface area contributed by atoms with Gasteiger partial charge in [0, 0.05) is 30.7 Å². The molecule has 2 N–H and O–H groups in total. The number of likely N-dealkylation sites (N-methyl/N-ethyl adjacent to an activating group) is 1. The molecule has 0 bridgehead atoms. The lowest BCUT2D eigenvalue weighted by molar-refractivity contribution is -0.114. The molecule has 0 atom stereocenters. The molecule has 2 rings (SSSR count). The number of nitrogens with one attached hydrogen (secondary N) is 2. The Morgan fingerprint density at radius 1 is 1.31 bits per heavy atom. The predicted molar refractivity (Wildman–Crippen MR) is 117 cm³/mol. The van der Waals surface area contributed by atoms with Gasteiger partial charge in [-0.2, -0.15) is 0 Å². The van der Waals surface area contributed by atoms with Gasteiger partial charge < -0.3 is 15.5 Å². The van der Waals surface area contributed by atoms with Crippen molar-refractivity contribution in [3.8, 4) is 0 Å². The second-order valence-electron chi connectivity index (χ2n) is 5.48. The van der Waals surface area contributed by atoms with Gasteiger partial charge in [-0.05, 0) is 43.0 Å². The number of amides is 1. The Hall–Kier alpha value is -1.68. The SMILES string of the molecule is CCNC(=NCC(=O)Nc1cccc(F)c1)N(C)CCc1cccs1.I. The molecule has 0 aliphatic heterocycles. The number of anilines is 1. The Morgan fingerprint density at radius 3 is 2.77 bits per heavy atom. The molecular weight excluding hydrogens is 466 g/mol. The lowest BCUT2D eigenvalue weighted by atomic mass is 10.3. The van der Waals surface area contributed by atoms with Crippen LogP contribution in [0.2, 0.25) is 0 Å². The zero-order valence-electron chi connectivity index (χ0n) is 14.9. The average Bonchev–Trinajstić information content (AvgIpc) is 3.10. The number of aliphatic imine (C=N–C) groups is 1. The Balaban J connectivity index is 0.00000338. The van der Waals surface area contributed by atoms with Crippen LogP contribution in [0.5, 0.6) is 0 Å². The highest BCUT2D eigenvalue weighted by Crippen LogP contribution is 2.10. The van der Waals surface area contributed by atoms with Crippen molar-refractivity contribution in [3.05, 3.63) is 52.5 Å². The molecular formula is C18H24FIN4OS. The van der Waals surface area contributed by atoms with Crippen molar-refractivity contribution in [2.75, 3.05) is 32.0 Å². The third kappa shape index (κ3) is 7.69. The first-order valence-electron chi connectivity index (χ1n) is 8.15. The summed E-state index contributed by atoms with van der Waals surface area (Å²) in [5.41, 5.74) is 0.427. The van der Waals surface area contributed by atoms with Crippen molar-refractivity contribution in [1.29, 1.82) is 0 Å². The standard InChI is InChI=1S/C18H23FN4OS.HI/c1-3-20-18(23(2)10-9-16-8-5-11-25-16)21-13-17(24)22-15-7-4-6-14(19)12-15;/h4-8,11-12H,3,9-10,13H2,1-2H3,(H,20,21)(H,22,24);1H. The first-order valence-corrected chi connectivity index (χ1v) is 9.03. The van der Waals surface area contributed by atoms with Crippen molar-refractivity contribution < 1.29 is 9.18 Å². The van der Waals surface area contributed by atoms with E-state index in [1.807, 2.05) is 24.9 Å². The molecule has 0 fully saturated rings. The minimum Gasteiger partial charge on any atom is -0.357 e. The van der Waals surface area contributed by atoms with E-state index in [0.29, 0.717) is 18.2 Å². The van der Waals surface area contributed by atoms with Gasteiger partial charge in [0.1, 0.15) is 12.4 Å². The molecule has 5 nitrogen and oxygen atoms in total. The molecule has 0 saturated carbocycles. The number of benzene rings is 1. The summed E-state index contributed by atoms with van der Waals surface area (Å²) in [6.45, 7) is 3.48. The fraction of sp³-hybridized carbons (Fsp3) is 0.333. The van der Waals surface area contributed by atoms with Gasteiger partial charge in [-0.3, -0.25) is 4.79 Å². The van der Waals surface area contributed by atoms with Crippen LogP contribution in [0.1, 0.15) is 11.8 Å². The molecule has 1 aromatic heterocycles. The first-order chi connectivity index (χ1) is 12.1. The topological polar surface area (TPSA) is 56.7 Å². The summed E-state index contributed by atoms with van der Waals surface area (Å²) in [6, 6.07) is 9.95. The maximum absolute atomic E-state index is 13.1. The van der Waals surface area contributed by atoms with Crippen LogP contribution < -0.4 is 10.6 Å². The summed E-state index contributed by atoms with van der Waals surface area (Å²) in [4.78, 5) is 19.7. The Bertz CT molecular complexity index is 709. The van der Waals surface area contributed by atoms with Crippen molar-refractivity contribution in [3.63, 3.8) is 0 Å². The van der Waals surface area contributed by atoms with E-state index in [1.165, 1.54) is 17.0 Å². The van der Waals surface area contributed by atoms with Gasteiger partial charge in [0.15, 0.2) is 5.96 Å². The van der Waals surface area contributed by atoms with Crippen LogP contribution in [0, 0.1) is 5.82 Å². The Kier molecular flexibility index (Phi) is 10.2. The van der Waals surface area contributed by atoms with E-state index in [9.17, 15) is 9.18 Å². The number of rotatable bonds is 7. The van der Waals surface area contributed by atoms with Gasteiger partial charge in [-0.25, -0.2) is 9.38 Å². The lowest BCUT2D eigenvalue weighted by Gasteiger charge is -2.21. The van der Waals surface area contributed by atoms with Crippen LogP contribution in [0.4, 0.5) is 10.1 Å². The van der Waals surface area contributed by atoms with E-state index >= 15 is 0 Å². The normalized spacial score (nSPS) is 10.8. The van der Waals surface area contributed by atoms with Gasteiger partial charge in [0.2, 0.25) is 5.91 Å². The Labute approximate surface area is 174 Å². The number of thiophene rings is 1. The number of nitrogens with zero attached hydrogens (tertiary/aromatic N) is 2. The van der Waals surface area contributed by atoms with E-state index in [-0.39, 0.29) is 42.2 Å². The van der Waals surface area contributed by atoms with Gasteiger partial charge in [-0.1, -0.05) is 12.1 Å². The maximum atomic E-state index is 13.1. The van der Waals surface area contributed by atoms with E-state index in [2.05, 4.69) is 27.1 Å². The molecule has 0 unspecified atom stereocenters. The van der Waals surface area contributed by atoms with Gasteiger partial charge in [0.05, 0.1) is 0 Å². The van der Waals surface area contributed by atoms with Crippen LogP contribution in [-0.4, -0.2) is 43.4 Å². The number of hydrogen-bond donors (Lipinski definition) is 2. The first kappa shape index (κ1) is 22.4. The highest BCUT2D eigenvalue weighted by molar-refractivity contribution is 14.0. The van der Waals surface area contributed by atoms with Crippen LogP contribution in [0.25, 0.3) is 0 Å². The van der Waals surface area contributed by atoms with Gasteiger partial charge >= 0.3 is 0 Å². The third-order valence-electron chi connectivity index (χ3n) is 3.45. The molecule has 26 heavy (non-hydrogen) atoms. The zero-order chi connectivity index (χ0) is 18.1. The molecule has 1 amide bonds. The number of hydrogen-bond acceptors (Lipinski definition) is 3. The summed E-state index contributed by atoms with van der Waals surface area (Å²) in [6.07, 6.45) is 0.925. The fourth-order valence-electron chi connectivity index (χ4n) is 2.22. The molecule has 1 aromatic carbocycles. The van der Waals surface area contributed by atoms with E-state index < -0.39 is 0 Å². The smallest absolute Gasteiger partial charge is 0.246 e. The van der Waals surface area contributed by atoms with Crippen molar-refractivity contribution in [2.24, 2.45) is 4.99 Å². The van der Waals surface area contributed by atoms with E-state index in [0.717, 1.165) is 13.0 Å². The number of guanidine groups is 1. The van der Waals surface area contributed by atoms with Crippen LogP contribution in [0.15, 0.2) is 46.8 Å². The molecule has 0 radical (unpaired) electrons. The average molecular weight is 490 g/mol. The number of halogens is 2. The van der Waals surface area contributed by atoms with Crippen molar-refractivity contribution in [1.82, 2.24) is 10.2 Å². The molecule has 0 spiro atoms. The van der Waals surface area contributed by atoms with E-state index in [1.54, 1.807) is 23.5 Å². The highest BCUT2D eigenvalue weighted by Gasteiger charge is 2.08. The maximum Gasteiger partial charge on any atom is 0.246 e. The summed E-state index contributed by atoms with van der Waals surface area (Å²) in [5, 5.41) is 7.88. The van der Waals surface area contributed by atoms with Crippen molar-refractivity contribution >= 4 is 52.9 Å². The van der Waals surface area contributed by atoms with Crippen LogP contribution in [0.3, 0.4) is 0 Å². The number of carbonyl (C=O) groups is 1. The van der Waals surface area contributed by atoms with Crippen LogP contribution in [-0.2, 0) is 11.2 Å². The second kappa shape index (κ2) is 11.8. The lowest BCUT2D eigenvalue weighted by Crippen LogP contribution is -2.40. The minimum atomic E-state index is -0.386.